The third-order valence-corrected chi connectivity index (χ3v) is 4.28. The number of rotatable bonds is 5. The van der Waals surface area contributed by atoms with Gasteiger partial charge < -0.3 is 10.1 Å². The van der Waals surface area contributed by atoms with Gasteiger partial charge in [-0.05, 0) is 42.5 Å². The topological polar surface area (TPSA) is 55.4 Å². The van der Waals surface area contributed by atoms with Crippen molar-refractivity contribution in [3.8, 4) is 11.1 Å². The van der Waals surface area contributed by atoms with Gasteiger partial charge in [0.15, 0.2) is 0 Å². The molecule has 4 nitrogen and oxygen atoms in total. The molecule has 0 saturated heterocycles. The summed E-state index contributed by atoms with van der Waals surface area (Å²) in [4.78, 5) is 22.9. The van der Waals surface area contributed by atoms with Crippen LogP contribution >= 0.6 is 0 Å². The molecule has 2 aromatic carbocycles. The van der Waals surface area contributed by atoms with Gasteiger partial charge in [-0.1, -0.05) is 42.5 Å². The van der Waals surface area contributed by atoms with E-state index in [4.69, 9.17) is 4.74 Å². The van der Waals surface area contributed by atoms with Crippen molar-refractivity contribution >= 4 is 18.1 Å². The van der Waals surface area contributed by atoms with Crippen LogP contribution in [0.5, 0.6) is 0 Å². The average Bonchev–Trinajstić information content (AvgIpc) is 3.05. The Morgan fingerprint density at radius 2 is 1.70 bits per heavy atom. The zero-order valence-electron chi connectivity index (χ0n) is 12.8. The first-order valence-corrected chi connectivity index (χ1v) is 7.83. The van der Waals surface area contributed by atoms with Gasteiger partial charge in [-0.15, -0.1) is 0 Å². The molecule has 1 fully saturated rings. The summed E-state index contributed by atoms with van der Waals surface area (Å²) in [5, 5.41) is 2.92. The van der Waals surface area contributed by atoms with Crippen LogP contribution in [-0.2, 0) is 14.3 Å². The van der Waals surface area contributed by atoms with Crippen LogP contribution in [0.3, 0.4) is 0 Å². The van der Waals surface area contributed by atoms with Crippen molar-refractivity contribution in [2.24, 2.45) is 5.92 Å². The molecule has 0 bridgehead atoms. The second kappa shape index (κ2) is 7.09. The molecule has 0 spiro atoms. The van der Waals surface area contributed by atoms with Gasteiger partial charge in [0.1, 0.15) is 6.10 Å². The third kappa shape index (κ3) is 3.59. The summed E-state index contributed by atoms with van der Waals surface area (Å²) in [6.45, 7) is 0.435. The summed E-state index contributed by atoms with van der Waals surface area (Å²) >= 11 is 0. The Morgan fingerprint density at radius 3 is 2.39 bits per heavy atom. The number of ether oxygens (including phenoxy) is 1. The number of hydrogen-bond acceptors (Lipinski definition) is 3. The molecule has 118 valence electrons. The van der Waals surface area contributed by atoms with E-state index in [1.807, 2.05) is 54.6 Å². The number of carbonyl (C=O) groups excluding carboxylic acids is 2. The van der Waals surface area contributed by atoms with Crippen LogP contribution in [0, 0.1) is 5.92 Å². The first-order valence-electron chi connectivity index (χ1n) is 7.83. The predicted molar refractivity (Wildman–Crippen MR) is 88.8 cm³/mol. The Labute approximate surface area is 135 Å². The summed E-state index contributed by atoms with van der Waals surface area (Å²) in [7, 11) is 0. The van der Waals surface area contributed by atoms with Gasteiger partial charge >= 0.3 is 0 Å². The quantitative estimate of drug-likeness (QED) is 0.858. The first-order chi connectivity index (χ1) is 11.3. The molecule has 1 amide bonds. The fraction of sp³-hybridized carbons (Fsp3) is 0.263. The largest absolute Gasteiger partial charge is 0.464 e. The second-order valence-corrected chi connectivity index (χ2v) is 5.74. The van der Waals surface area contributed by atoms with Crippen LogP contribution in [0.25, 0.3) is 11.1 Å². The highest BCUT2D eigenvalue weighted by molar-refractivity contribution is 5.93. The number of anilines is 1. The van der Waals surface area contributed by atoms with Crippen LogP contribution in [0.1, 0.15) is 19.3 Å². The summed E-state index contributed by atoms with van der Waals surface area (Å²) in [5.74, 6) is -0.337. The lowest BCUT2D eigenvalue weighted by Crippen LogP contribution is -2.30. The van der Waals surface area contributed by atoms with E-state index in [1.165, 1.54) is 0 Å². The smallest absolute Gasteiger partial charge is 0.293 e. The molecule has 0 aromatic heterocycles. The lowest BCUT2D eigenvalue weighted by molar-refractivity contribution is -0.137. The maximum Gasteiger partial charge on any atom is 0.293 e. The van der Waals surface area contributed by atoms with Gasteiger partial charge in [0.05, 0.1) is 5.92 Å². The molecule has 2 aromatic rings. The zero-order valence-corrected chi connectivity index (χ0v) is 12.8. The Morgan fingerprint density at radius 1 is 1.00 bits per heavy atom. The molecule has 0 heterocycles. The lowest BCUT2D eigenvalue weighted by atomic mass is 10.0. The van der Waals surface area contributed by atoms with Crippen molar-refractivity contribution in [2.45, 2.75) is 25.4 Å². The van der Waals surface area contributed by atoms with Crippen molar-refractivity contribution in [1.29, 1.82) is 0 Å². The summed E-state index contributed by atoms with van der Waals surface area (Å²) in [5.41, 5.74) is 3.00. The van der Waals surface area contributed by atoms with E-state index in [-0.39, 0.29) is 17.9 Å². The van der Waals surface area contributed by atoms with Gasteiger partial charge in [0.25, 0.3) is 6.47 Å². The minimum atomic E-state index is -0.295. The predicted octanol–water partition coefficient (Wildman–Crippen LogP) is 3.63. The summed E-state index contributed by atoms with van der Waals surface area (Å²) < 4.78 is 5.01. The van der Waals surface area contributed by atoms with E-state index >= 15 is 0 Å². The maximum atomic E-state index is 12.3. The fourth-order valence-corrected chi connectivity index (χ4v) is 3.07. The number of carbonyl (C=O) groups is 2. The Balaban J connectivity index is 1.66. The SMILES string of the molecule is O=COC1CCCC1C(=O)Nc1ccc(-c2ccccc2)cc1. The molecule has 2 unspecified atom stereocenters. The van der Waals surface area contributed by atoms with Crippen LogP contribution in [0.4, 0.5) is 5.69 Å². The Bertz CT molecular complexity index is 667. The van der Waals surface area contributed by atoms with E-state index in [1.54, 1.807) is 0 Å². The number of benzene rings is 2. The molecule has 3 rings (SSSR count). The van der Waals surface area contributed by atoms with Crippen molar-refractivity contribution in [1.82, 2.24) is 0 Å². The Hall–Kier alpha value is -2.62. The van der Waals surface area contributed by atoms with E-state index in [9.17, 15) is 9.59 Å². The van der Waals surface area contributed by atoms with Gasteiger partial charge in [0, 0.05) is 5.69 Å². The summed E-state index contributed by atoms with van der Waals surface area (Å²) in [6, 6.07) is 17.8. The molecule has 0 aliphatic heterocycles. The van der Waals surface area contributed by atoms with Crippen molar-refractivity contribution < 1.29 is 14.3 Å². The van der Waals surface area contributed by atoms with E-state index in [0.29, 0.717) is 6.47 Å². The normalized spacial score (nSPS) is 20.0. The van der Waals surface area contributed by atoms with E-state index in [0.717, 1.165) is 36.1 Å². The molecular weight excluding hydrogens is 290 g/mol. The molecular formula is C19H19NO3. The van der Waals surface area contributed by atoms with Crippen LogP contribution in [-0.4, -0.2) is 18.5 Å². The second-order valence-electron chi connectivity index (χ2n) is 5.74. The van der Waals surface area contributed by atoms with Crippen LogP contribution < -0.4 is 5.32 Å². The Kier molecular flexibility index (Phi) is 4.71. The molecule has 4 heteroatoms. The molecule has 1 saturated carbocycles. The van der Waals surface area contributed by atoms with Gasteiger partial charge in [-0.25, -0.2) is 0 Å². The highest BCUT2D eigenvalue weighted by atomic mass is 16.5. The number of amides is 1. The average molecular weight is 309 g/mol. The molecule has 23 heavy (non-hydrogen) atoms. The van der Waals surface area contributed by atoms with Crippen molar-refractivity contribution in [3.63, 3.8) is 0 Å². The van der Waals surface area contributed by atoms with Crippen LogP contribution in [0.15, 0.2) is 54.6 Å². The fourth-order valence-electron chi connectivity index (χ4n) is 3.07. The zero-order chi connectivity index (χ0) is 16.1. The standard InChI is InChI=1S/C19H19NO3/c21-13-23-18-8-4-7-17(18)19(22)20-16-11-9-15(10-12-16)14-5-2-1-3-6-14/h1-3,5-6,9-13,17-18H,4,7-8H2,(H,20,22). The minimum absolute atomic E-state index is 0.0817. The van der Waals surface area contributed by atoms with E-state index < -0.39 is 0 Å². The lowest BCUT2D eigenvalue weighted by Gasteiger charge is -2.17. The molecule has 1 aliphatic rings. The van der Waals surface area contributed by atoms with E-state index in [2.05, 4.69) is 5.32 Å². The number of nitrogens with one attached hydrogen (secondary N) is 1. The van der Waals surface area contributed by atoms with Gasteiger partial charge in [-0.2, -0.15) is 0 Å². The summed E-state index contributed by atoms with van der Waals surface area (Å²) in [6.07, 6.45) is 2.12. The van der Waals surface area contributed by atoms with Crippen molar-refractivity contribution in [3.05, 3.63) is 54.6 Å². The molecule has 2 atom stereocenters. The minimum Gasteiger partial charge on any atom is -0.464 e. The maximum absolute atomic E-state index is 12.3. The highest BCUT2D eigenvalue weighted by Gasteiger charge is 2.34. The van der Waals surface area contributed by atoms with Crippen LogP contribution in [0.2, 0.25) is 0 Å². The van der Waals surface area contributed by atoms with Crippen molar-refractivity contribution in [2.75, 3.05) is 5.32 Å². The highest BCUT2D eigenvalue weighted by Crippen LogP contribution is 2.29. The number of hydrogen-bond donors (Lipinski definition) is 1. The molecule has 1 N–H and O–H groups in total. The van der Waals surface area contributed by atoms with Gasteiger partial charge in [-0.3, -0.25) is 9.59 Å². The monoisotopic (exact) mass is 309 g/mol. The first kappa shape index (κ1) is 15.3. The molecule has 1 aliphatic carbocycles. The van der Waals surface area contributed by atoms with Gasteiger partial charge in [0.2, 0.25) is 5.91 Å². The third-order valence-electron chi connectivity index (χ3n) is 4.28. The molecule has 0 radical (unpaired) electrons.